The van der Waals surface area contributed by atoms with Gasteiger partial charge in [-0.3, -0.25) is 0 Å². The van der Waals surface area contributed by atoms with E-state index < -0.39 is 0 Å². The molecule has 37 valence electrons. The Morgan fingerprint density at radius 3 is 2.71 bits per heavy atom. The van der Waals surface area contributed by atoms with Gasteiger partial charge < -0.3 is 0 Å². The number of hydrogen-bond donors (Lipinski definition) is 0. The van der Waals surface area contributed by atoms with Gasteiger partial charge in [0.2, 0.25) is 0 Å². The summed E-state index contributed by atoms with van der Waals surface area (Å²) in [4.78, 5) is 1.04. The SMILES string of the molecule is [CH2]c1cc(C)ns1. The minimum absolute atomic E-state index is 1.04. The van der Waals surface area contributed by atoms with Crippen LogP contribution >= 0.6 is 11.5 Å². The van der Waals surface area contributed by atoms with Crippen molar-refractivity contribution in [2.75, 3.05) is 0 Å². The molecule has 0 aliphatic rings. The fraction of sp³-hybridized carbons (Fsp3) is 0.200. The van der Waals surface area contributed by atoms with Crippen LogP contribution in [0.5, 0.6) is 0 Å². The summed E-state index contributed by atoms with van der Waals surface area (Å²) in [7, 11) is 0. The first-order chi connectivity index (χ1) is 3.29. The summed E-state index contributed by atoms with van der Waals surface area (Å²) in [5.41, 5.74) is 1.06. The smallest absolute Gasteiger partial charge is 0.0514 e. The molecule has 0 aliphatic carbocycles. The van der Waals surface area contributed by atoms with E-state index in [4.69, 9.17) is 0 Å². The first-order valence-corrected chi connectivity index (χ1v) is 2.81. The van der Waals surface area contributed by atoms with E-state index in [1.54, 1.807) is 0 Å². The highest BCUT2D eigenvalue weighted by Gasteiger charge is 1.86. The molecule has 0 aliphatic heterocycles. The van der Waals surface area contributed by atoms with Crippen molar-refractivity contribution in [3.63, 3.8) is 0 Å². The summed E-state index contributed by atoms with van der Waals surface area (Å²) >= 11 is 1.44. The van der Waals surface area contributed by atoms with E-state index in [0.29, 0.717) is 0 Å². The Bertz CT molecular complexity index is 140. The van der Waals surface area contributed by atoms with Crippen molar-refractivity contribution in [2.45, 2.75) is 6.92 Å². The molecule has 0 unspecified atom stereocenters. The van der Waals surface area contributed by atoms with Gasteiger partial charge in [-0.2, -0.15) is 4.37 Å². The third-order valence-corrected chi connectivity index (χ3v) is 1.41. The van der Waals surface area contributed by atoms with Crippen LogP contribution in [-0.2, 0) is 0 Å². The van der Waals surface area contributed by atoms with Crippen LogP contribution in [0.1, 0.15) is 10.6 Å². The van der Waals surface area contributed by atoms with Gasteiger partial charge in [0.15, 0.2) is 0 Å². The molecule has 1 aromatic rings. The van der Waals surface area contributed by atoms with Gasteiger partial charge in [-0.15, -0.1) is 0 Å². The Morgan fingerprint density at radius 1 is 1.86 bits per heavy atom. The molecule has 0 fully saturated rings. The lowest BCUT2D eigenvalue weighted by Gasteiger charge is -1.66. The second kappa shape index (κ2) is 1.62. The molecular formula is C5H6NS. The summed E-state index contributed by atoms with van der Waals surface area (Å²) in [6, 6.07) is 1.96. The zero-order chi connectivity index (χ0) is 5.28. The zero-order valence-electron chi connectivity index (χ0n) is 4.14. The third-order valence-electron chi connectivity index (χ3n) is 0.677. The summed E-state index contributed by atoms with van der Waals surface area (Å²) in [5.74, 6) is 0. The van der Waals surface area contributed by atoms with Gasteiger partial charge in [-0.05, 0) is 31.4 Å². The molecule has 0 bridgehead atoms. The van der Waals surface area contributed by atoms with Gasteiger partial charge in [0, 0.05) is 4.88 Å². The van der Waals surface area contributed by atoms with Crippen molar-refractivity contribution in [2.24, 2.45) is 0 Å². The van der Waals surface area contributed by atoms with Crippen LogP contribution in [0.2, 0.25) is 0 Å². The summed E-state index contributed by atoms with van der Waals surface area (Å²) in [6.07, 6.45) is 0. The molecule has 1 heterocycles. The van der Waals surface area contributed by atoms with Gasteiger partial charge in [-0.1, -0.05) is 0 Å². The number of rotatable bonds is 0. The molecule has 0 amide bonds. The third kappa shape index (κ3) is 0.996. The highest BCUT2D eigenvalue weighted by Crippen LogP contribution is 2.04. The molecule has 1 aromatic heterocycles. The molecule has 1 rings (SSSR count). The fourth-order valence-corrected chi connectivity index (χ4v) is 0.954. The second-order valence-electron chi connectivity index (χ2n) is 1.43. The quantitative estimate of drug-likeness (QED) is 0.497. The van der Waals surface area contributed by atoms with Crippen LogP contribution in [-0.4, -0.2) is 4.37 Å². The lowest BCUT2D eigenvalue weighted by atomic mass is 10.4. The Balaban J connectivity index is 3.04. The lowest BCUT2D eigenvalue weighted by molar-refractivity contribution is 1.34. The maximum atomic E-state index is 4.00. The van der Waals surface area contributed by atoms with Gasteiger partial charge >= 0.3 is 0 Å². The zero-order valence-corrected chi connectivity index (χ0v) is 4.96. The van der Waals surface area contributed by atoms with Gasteiger partial charge in [0.25, 0.3) is 0 Å². The van der Waals surface area contributed by atoms with Crippen LogP contribution in [0.3, 0.4) is 0 Å². The van der Waals surface area contributed by atoms with Crippen LogP contribution in [0.4, 0.5) is 0 Å². The molecule has 0 saturated carbocycles. The highest BCUT2D eigenvalue weighted by atomic mass is 32.1. The first-order valence-electron chi connectivity index (χ1n) is 2.04. The van der Waals surface area contributed by atoms with Gasteiger partial charge in [-0.25, -0.2) is 0 Å². The molecule has 1 nitrogen and oxygen atoms in total. The Kier molecular flexibility index (Phi) is 1.11. The molecule has 0 N–H and O–H groups in total. The van der Waals surface area contributed by atoms with Crippen LogP contribution in [0.15, 0.2) is 6.07 Å². The van der Waals surface area contributed by atoms with Gasteiger partial charge in [0.1, 0.15) is 0 Å². The standard InChI is InChI=1S/C5H6NS/c1-4-3-5(2)7-6-4/h3H,2H2,1H3. The number of nitrogens with zero attached hydrogens (tertiary/aromatic N) is 1. The fourth-order valence-electron chi connectivity index (χ4n) is 0.416. The van der Waals surface area contributed by atoms with Gasteiger partial charge in [0.05, 0.1) is 5.69 Å². The molecular weight excluding hydrogens is 106 g/mol. The van der Waals surface area contributed by atoms with Crippen LogP contribution < -0.4 is 0 Å². The summed E-state index contributed by atoms with van der Waals surface area (Å²) in [5, 5.41) is 0. The van der Waals surface area contributed by atoms with E-state index in [2.05, 4.69) is 11.3 Å². The highest BCUT2D eigenvalue weighted by molar-refractivity contribution is 7.06. The van der Waals surface area contributed by atoms with E-state index in [1.807, 2.05) is 13.0 Å². The molecule has 7 heavy (non-hydrogen) atoms. The lowest BCUT2D eigenvalue weighted by Crippen LogP contribution is -1.58. The predicted octanol–water partition coefficient (Wildman–Crippen LogP) is 1.63. The van der Waals surface area contributed by atoms with Crippen molar-refractivity contribution in [1.82, 2.24) is 4.37 Å². The van der Waals surface area contributed by atoms with E-state index in [-0.39, 0.29) is 0 Å². The Morgan fingerprint density at radius 2 is 2.57 bits per heavy atom. The number of aromatic nitrogens is 1. The van der Waals surface area contributed by atoms with Crippen molar-refractivity contribution in [3.8, 4) is 0 Å². The van der Waals surface area contributed by atoms with Crippen molar-refractivity contribution in [1.29, 1.82) is 0 Å². The monoisotopic (exact) mass is 112 g/mol. The molecule has 1 radical (unpaired) electrons. The first kappa shape index (κ1) is 4.78. The number of aryl methyl sites for hydroxylation is 1. The normalized spacial score (nSPS) is 9.43. The minimum Gasteiger partial charge on any atom is -0.198 e. The van der Waals surface area contributed by atoms with E-state index in [9.17, 15) is 0 Å². The van der Waals surface area contributed by atoms with Crippen LogP contribution in [0, 0.1) is 13.8 Å². The summed E-state index contributed by atoms with van der Waals surface area (Å²) in [6.45, 7) is 5.66. The molecule has 0 atom stereocenters. The maximum Gasteiger partial charge on any atom is 0.0514 e. The second-order valence-corrected chi connectivity index (χ2v) is 2.32. The number of hydrogen-bond acceptors (Lipinski definition) is 2. The van der Waals surface area contributed by atoms with Crippen molar-refractivity contribution >= 4 is 11.5 Å². The van der Waals surface area contributed by atoms with Crippen molar-refractivity contribution in [3.05, 3.63) is 23.6 Å². The molecule has 2 heteroatoms. The molecule has 0 aromatic carbocycles. The Labute approximate surface area is 47.2 Å². The topological polar surface area (TPSA) is 12.9 Å². The van der Waals surface area contributed by atoms with E-state index in [0.717, 1.165) is 10.6 Å². The van der Waals surface area contributed by atoms with Crippen LogP contribution in [0.25, 0.3) is 0 Å². The summed E-state index contributed by atoms with van der Waals surface area (Å²) < 4.78 is 4.00. The van der Waals surface area contributed by atoms with E-state index >= 15 is 0 Å². The molecule has 0 saturated heterocycles. The minimum atomic E-state index is 1.04. The predicted molar refractivity (Wildman–Crippen MR) is 31.3 cm³/mol. The molecule has 0 spiro atoms. The maximum absolute atomic E-state index is 4.00. The average molecular weight is 112 g/mol. The van der Waals surface area contributed by atoms with Crippen molar-refractivity contribution < 1.29 is 0 Å². The van der Waals surface area contributed by atoms with E-state index in [1.165, 1.54) is 11.5 Å². The largest absolute Gasteiger partial charge is 0.198 e. The average Bonchev–Trinajstić information content (AvgIpc) is 1.87. The Hall–Kier alpha value is -0.370.